The van der Waals surface area contributed by atoms with Gasteiger partial charge in [-0.15, -0.1) is 11.8 Å². The van der Waals surface area contributed by atoms with Crippen molar-refractivity contribution in [1.82, 2.24) is 14.7 Å². The molecule has 148 valence electrons. The van der Waals surface area contributed by atoms with Gasteiger partial charge in [0.05, 0.1) is 7.11 Å². The van der Waals surface area contributed by atoms with E-state index in [2.05, 4.69) is 16.8 Å². The molecule has 1 unspecified atom stereocenters. The predicted octanol–water partition coefficient (Wildman–Crippen LogP) is 1.78. The number of likely N-dealkylation sites (N-methyl/N-ethyl adjacent to an activating group) is 1. The molecular formula is C20H29N3O3S. The van der Waals surface area contributed by atoms with Crippen LogP contribution in [-0.2, 0) is 4.79 Å². The molecule has 0 saturated carbocycles. The molecule has 0 N–H and O–H groups in total. The number of amides is 1. The third kappa shape index (κ3) is 5.64. The van der Waals surface area contributed by atoms with Crippen LogP contribution in [0.15, 0.2) is 36.4 Å². The van der Waals surface area contributed by atoms with Crippen molar-refractivity contribution in [3.05, 3.63) is 36.4 Å². The average Bonchev–Trinajstić information content (AvgIpc) is 3.17. The summed E-state index contributed by atoms with van der Waals surface area (Å²) in [6.45, 7) is 6.36. The summed E-state index contributed by atoms with van der Waals surface area (Å²) in [4.78, 5) is 19.2. The summed E-state index contributed by atoms with van der Waals surface area (Å²) in [7, 11) is 3.78. The molecule has 2 fully saturated rings. The fourth-order valence-corrected chi connectivity index (χ4v) is 4.37. The van der Waals surface area contributed by atoms with Crippen LogP contribution in [0, 0.1) is 0 Å². The minimum absolute atomic E-state index is 0.0377. The summed E-state index contributed by atoms with van der Waals surface area (Å²) < 4.78 is 11.2. The predicted molar refractivity (Wildman–Crippen MR) is 110 cm³/mol. The number of nitrogens with zero attached hydrogens (tertiary/aromatic N) is 3. The fraction of sp³-hybridized carbons (Fsp3) is 0.550. The van der Waals surface area contributed by atoms with E-state index in [1.54, 1.807) is 24.9 Å². The Balaban J connectivity index is 1.48. The number of hydrogen-bond donors (Lipinski definition) is 0. The van der Waals surface area contributed by atoms with Crippen LogP contribution in [0.5, 0.6) is 11.5 Å². The van der Waals surface area contributed by atoms with E-state index in [4.69, 9.17) is 9.47 Å². The minimum Gasteiger partial charge on any atom is -0.493 e. The van der Waals surface area contributed by atoms with Gasteiger partial charge in [0, 0.05) is 51.1 Å². The average molecular weight is 392 g/mol. The lowest BCUT2D eigenvalue weighted by atomic mass is 10.3. The number of thioether (sulfide) groups is 1. The normalized spacial score (nSPS) is 21.7. The zero-order chi connectivity index (χ0) is 19.1. The number of benzene rings is 1. The third-order valence-electron chi connectivity index (χ3n) is 4.94. The molecule has 0 aromatic heterocycles. The Labute approximate surface area is 166 Å². The molecule has 0 bridgehead atoms. The number of ether oxygens (including phenoxy) is 2. The molecule has 7 heteroatoms. The highest BCUT2D eigenvalue weighted by Crippen LogP contribution is 2.29. The van der Waals surface area contributed by atoms with Crippen molar-refractivity contribution in [1.29, 1.82) is 0 Å². The van der Waals surface area contributed by atoms with Gasteiger partial charge in [-0.05, 0) is 19.2 Å². The Hall–Kier alpha value is -1.70. The molecule has 1 aromatic rings. The molecule has 0 aliphatic carbocycles. The Morgan fingerprint density at radius 1 is 1.19 bits per heavy atom. The summed E-state index contributed by atoms with van der Waals surface area (Å²) in [5.41, 5.74) is 0. The lowest BCUT2D eigenvalue weighted by Crippen LogP contribution is -2.44. The number of hydrogen-bond acceptors (Lipinski definition) is 6. The van der Waals surface area contributed by atoms with Gasteiger partial charge in [0.1, 0.15) is 12.0 Å². The fourth-order valence-electron chi connectivity index (χ4n) is 3.24. The molecule has 1 aromatic carbocycles. The molecule has 0 spiro atoms. The molecule has 27 heavy (non-hydrogen) atoms. The number of methoxy groups -OCH3 is 1. The summed E-state index contributed by atoms with van der Waals surface area (Å²) in [5, 5.41) is 0.0377. The highest BCUT2D eigenvalue weighted by Gasteiger charge is 2.29. The van der Waals surface area contributed by atoms with Crippen molar-refractivity contribution in [3.63, 3.8) is 0 Å². The van der Waals surface area contributed by atoms with Crippen LogP contribution in [0.3, 0.4) is 0 Å². The first-order chi connectivity index (χ1) is 13.2. The van der Waals surface area contributed by atoms with Gasteiger partial charge in [-0.25, -0.2) is 0 Å². The van der Waals surface area contributed by atoms with Gasteiger partial charge in [-0.2, -0.15) is 0 Å². The van der Waals surface area contributed by atoms with Gasteiger partial charge >= 0.3 is 0 Å². The summed E-state index contributed by atoms with van der Waals surface area (Å²) in [5.74, 6) is 2.44. The maximum absolute atomic E-state index is 12.6. The summed E-state index contributed by atoms with van der Waals surface area (Å²) in [6, 6.07) is 7.60. The van der Waals surface area contributed by atoms with Crippen LogP contribution in [0.1, 0.15) is 0 Å². The van der Waals surface area contributed by atoms with Crippen LogP contribution < -0.4 is 9.47 Å². The maximum atomic E-state index is 12.6. The van der Waals surface area contributed by atoms with Crippen molar-refractivity contribution in [3.8, 4) is 11.5 Å². The van der Waals surface area contributed by atoms with Crippen molar-refractivity contribution in [2.75, 3.05) is 65.8 Å². The first-order valence-corrected chi connectivity index (χ1v) is 10.5. The molecular weight excluding hydrogens is 362 g/mol. The van der Waals surface area contributed by atoms with Gasteiger partial charge < -0.3 is 19.3 Å². The molecule has 1 amide bonds. The Morgan fingerprint density at radius 3 is 2.67 bits per heavy atom. The van der Waals surface area contributed by atoms with E-state index < -0.39 is 0 Å². The number of para-hydroxylation sites is 2. The molecule has 1 atom stereocenters. The molecule has 0 radical (unpaired) electrons. The third-order valence-corrected chi connectivity index (χ3v) is 6.14. The molecule has 3 rings (SSSR count). The van der Waals surface area contributed by atoms with E-state index in [0.717, 1.165) is 45.0 Å². The largest absolute Gasteiger partial charge is 0.493 e. The van der Waals surface area contributed by atoms with Crippen molar-refractivity contribution in [2.45, 2.75) is 5.37 Å². The monoisotopic (exact) mass is 391 g/mol. The van der Waals surface area contributed by atoms with Crippen molar-refractivity contribution >= 4 is 17.7 Å². The minimum atomic E-state index is 0.0377. The Bertz CT molecular complexity index is 647. The molecule has 2 aliphatic heterocycles. The first-order valence-electron chi connectivity index (χ1n) is 9.43. The Kier molecular flexibility index (Phi) is 7.43. The first kappa shape index (κ1) is 20.0. The molecule has 2 aliphatic rings. The zero-order valence-electron chi connectivity index (χ0n) is 16.2. The van der Waals surface area contributed by atoms with E-state index in [-0.39, 0.29) is 11.3 Å². The van der Waals surface area contributed by atoms with Crippen LogP contribution >= 0.6 is 11.8 Å². The van der Waals surface area contributed by atoms with Gasteiger partial charge in [-0.1, -0.05) is 18.2 Å². The van der Waals surface area contributed by atoms with Gasteiger partial charge in [0.2, 0.25) is 5.91 Å². The van der Waals surface area contributed by atoms with Gasteiger partial charge in [0.25, 0.3) is 0 Å². The SMILES string of the molecule is COc1ccccc1OCC1SCCN1C(=O)C=CCN1CCN(C)CC1. The van der Waals surface area contributed by atoms with Crippen LogP contribution in [0.4, 0.5) is 0 Å². The van der Waals surface area contributed by atoms with Crippen molar-refractivity contribution in [2.24, 2.45) is 0 Å². The topological polar surface area (TPSA) is 45.3 Å². The number of carbonyl (C=O) groups is 1. The summed E-state index contributed by atoms with van der Waals surface area (Å²) >= 11 is 1.76. The molecule has 6 nitrogen and oxygen atoms in total. The maximum Gasteiger partial charge on any atom is 0.247 e. The highest BCUT2D eigenvalue weighted by molar-refractivity contribution is 8.00. The van der Waals surface area contributed by atoms with E-state index in [9.17, 15) is 4.79 Å². The molecule has 2 heterocycles. The van der Waals surface area contributed by atoms with Gasteiger partial charge in [0.15, 0.2) is 11.5 Å². The lowest BCUT2D eigenvalue weighted by molar-refractivity contribution is -0.126. The van der Waals surface area contributed by atoms with Gasteiger partial charge in [-0.3, -0.25) is 9.69 Å². The highest BCUT2D eigenvalue weighted by atomic mass is 32.2. The van der Waals surface area contributed by atoms with Crippen molar-refractivity contribution < 1.29 is 14.3 Å². The standard InChI is InChI=1S/C20H29N3O3S/c1-21-10-12-22(13-11-21)9-5-8-19(24)23-14-15-27-20(23)16-26-18-7-4-3-6-17(18)25-2/h3-8,20H,9-16H2,1-2H3. The van der Waals surface area contributed by atoms with Crippen LogP contribution in [0.2, 0.25) is 0 Å². The van der Waals surface area contributed by atoms with E-state index >= 15 is 0 Å². The quantitative estimate of drug-likeness (QED) is 0.661. The second-order valence-corrected chi connectivity index (χ2v) is 8.11. The van der Waals surface area contributed by atoms with Crippen LogP contribution in [0.25, 0.3) is 0 Å². The zero-order valence-corrected chi connectivity index (χ0v) is 17.0. The van der Waals surface area contributed by atoms with E-state index in [1.165, 1.54) is 0 Å². The van der Waals surface area contributed by atoms with E-state index in [0.29, 0.717) is 18.1 Å². The number of piperazine rings is 1. The number of carbonyl (C=O) groups excluding carboxylic acids is 1. The second kappa shape index (κ2) is 10.0. The smallest absolute Gasteiger partial charge is 0.247 e. The molecule has 2 saturated heterocycles. The Morgan fingerprint density at radius 2 is 1.93 bits per heavy atom. The van der Waals surface area contributed by atoms with E-state index in [1.807, 2.05) is 35.2 Å². The lowest BCUT2D eigenvalue weighted by Gasteiger charge is -2.31. The summed E-state index contributed by atoms with van der Waals surface area (Å²) in [6.07, 6.45) is 3.72. The second-order valence-electron chi connectivity index (χ2n) is 6.83. The number of rotatable bonds is 7. The van der Waals surface area contributed by atoms with Crippen LogP contribution in [-0.4, -0.2) is 91.8 Å².